The molecule has 1 N–H and O–H groups in total. The van der Waals surface area contributed by atoms with Crippen LogP contribution in [0.15, 0.2) is 22.6 Å². The highest BCUT2D eigenvalue weighted by Crippen LogP contribution is 2.35. The van der Waals surface area contributed by atoms with Gasteiger partial charge in [0, 0.05) is 17.0 Å². The zero-order chi connectivity index (χ0) is 11.1. The van der Waals surface area contributed by atoms with Gasteiger partial charge >= 0.3 is 0 Å². The number of aryl methyl sites for hydroxylation is 1. The summed E-state index contributed by atoms with van der Waals surface area (Å²) in [5, 5.41) is 5.51. The van der Waals surface area contributed by atoms with Crippen molar-refractivity contribution >= 4 is 29.6 Å². The number of hydrogen-bond acceptors (Lipinski definition) is 3. The molecule has 2 heterocycles. The van der Waals surface area contributed by atoms with Crippen molar-refractivity contribution in [2.24, 2.45) is 10.9 Å². The summed E-state index contributed by atoms with van der Waals surface area (Å²) in [5.41, 5.74) is 2.79. The normalized spacial score (nSPS) is 22.7. The van der Waals surface area contributed by atoms with Gasteiger partial charge in [-0.25, -0.2) is 0 Å². The van der Waals surface area contributed by atoms with Crippen LogP contribution in [0.4, 0.5) is 0 Å². The number of aliphatic imine (C=N–C) groups is 1. The molecule has 1 aromatic heterocycles. The van der Waals surface area contributed by atoms with Crippen molar-refractivity contribution < 1.29 is 0 Å². The molecule has 3 rings (SSSR count). The first-order valence-electron chi connectivity index (χ1n) is 5.81. The highest BCUT2D eigenvalue weighted by molar-refractivity contribution is 7.10. The largest absolute Gasteiger partial charge is 0.350 e. The Balaban J connectivity index is 0.00000108. The standard InChI is InChI=1S/C13H16N2S.ClH/c1-8-7-16-12(9(8)2)11-5-6-14-13(15-11)10-3-4-10;/h5-7,10-11H,3-4H2,1-2H3,(H,14,15);1H. The lowest BCUT2D eigenvalue weighted by Gasteiger charge is -2.16. The molecule has 1 aliphatic carbocycles. The van der Waals surface area contributed by atoms with Crippen LogP contribution in [-0.4, -0.2) is 5.84 Å². The highest BCUT2D eigenvalue weighted by atomic mass is 35.5. The zero-order valence-corrected chi connectivity index (χ0v) is 11.7. The van der Waals surface area contributed by atoms with Crippen molar-refractivity contribution in [2.75, 3.05) is 0 Å². The second-order valence-electron chi connectivity index (χ2n) is 4.64. The molecule has 1 unspecified atom stereocenters. The number of hydrogen-bond donors (Lipinski definition) is 1. The van der Waals surface area contributed by atoms with E-state index in [1.54, 1.807) is 0 Å². The van der Waals surface area contributed by atoms with Gasteiger partial charge in [-0.1, -0.05) is 0 Å². The van der Waals surface area contributed by atoms with Crippen LogP contribution in [-0.2, 0) is 0 Å². The third kappa shape index (κ3) is 2.40. The molecule has 92 valence electrons. The van der Waals surface area contributed by atoms with E-state index < -0.39 is 0 Å². The van der Waals surface area contributed by atoms with E-state index in [1.807, 2.05) is 11.3 Å². The Morgan fingerprint density at radius 1 is 1.35 bits per heavy atom. The van der Waals surface area contributed by atoms with E-state index in [1.165, 1.54) is 34.7 Å². The van der Waals surface area contributed by atoms with E-state index in [4.69, 9.17) is 4.99 Å². The maximum atomic E-state index is 4.82. The summed E-state index contributed by atoms with van der Waals surface area (Å²) < 4.78 is 0. The highest BCUT2D eigenvalue weighted by Gasteiger charge is 2.29. The number of nitrogens with one attached hydrogen (secondary N) is 1. The number of halogens is 1. The molecule has 2 nitrogen and oxygen atoms in total. The molecule has 0 amide bonds. The molecule has 0 saturated heterocycles. The lowest BCUT2D eigenvalue weighted by atomic mass is 10.1. The number of nitrogens with zero attached hydrogens (tertiary/aromatic N) is 1. The van der Waals surface area contributed by atoms with E-state index in [0.29, 0.717) is 5.92 Å². The van der Waals surface area contributed by atoms with E-state index in [9.17, 15) is 0 Å². The Morgan fingerprint density at radius 3 is 2.71 bits per heavy atom. The fraction of sp³-hybridized carbons (Fsp3) is 0.462. The quantitative estimate of drug-likeness (QED) is 0.868. The molecule has 0 radical (unpaired) electrons. The van der Waals surface area contributed by atoms with Gasteiger partial charge < -0.3 is 5.32 Å². The van der Waals surface area contributed by atoms with Crippen LogP contribution < -0.4 is 5.32 Å². The molecule has 1 aliphatic heterocycles. The summed E-state index contributed by atoms with van der Waals surface area (Å²) in [6, 6.07) is 0.246. The maximum Gasteiger partial charge on any atom is 0.106 e. The molecule has 0 aromatic carbocycles. The van der Waals surface area contributed by atoms with Crippen molar-refractivity contribution in [3.8, 4) is 0 Å². The molecule has 17 heavy (non-hydrogen) atoms. The number of thiophene rings is 1. The summed E-state index contributed by atoms with van der Waals surface area (Å²) in [5.74, 6) is 1.90. The minimum Gasteiger partial charge on any atom is -0.350 e. The SMILES string of the molecule is Cc1csc(C2C=CNC(C3CC3)=N2)c1C.Cl. The molecule has 1 atom stereocenters. The Morgan fingerprint density at radius 2 is 2.12 bits per heavy atom. The predicted molar refractivity (Wildman–Crippen MR) is 76.2 cm³/mol. The van der Waals surface area contributed by atoms with E-state index in [2.05, 4.69) is 36.8 Å². The van der Waals surface area contributed by atoms with Crippen molar-refractivity contribution in [1.29, 1.82) is 0 Å². The third-order valence-electron chi connectivity index (χ3n) is 3.34. The van der Waals surface area contributed by atoms with Gasteiger partial charge in [0.2, 0.25) is 0 Å². The molecule has 2 aliphatic rings. The molecule has 1 fully saturated rings. The van der Waals surface area contributed by atoms with Crippen LogP contribution in [0.5, 0.6) is 0 Å². The van der Waals surface area contributed by atoms with E-state index in [0.717, 1.165) is 0 Å². The van der Waals surface area contributed by atoms with Crippen molar-refractivity contribution in [1.82, 2.24) is 5.32 Å². The Labute approximate surface area is 112 Å². The monoisotopic (exact) mass is 268 g/mol. The first-order valence-corrected chi connectivity index (χ1v) is 6.69. The molecule has 0 spiro atoms. The van der Waals surface area contributed by atoms with E-state index >= 15 is 0 Å². The lowest BCUT2D eigenvalue weighted by Crippen LogP contribution is -2.23. The summed E-state index contributed by atoms with van der Waals surface area (Å²) in [4.78, 5) is 6.21. The number of amidine groups is 1. The van der Waals surface area contributed by atoms with E-state index in [-0.39, 0.29) is 18.4 Å². The Kier molecular flexibility index (Phi) is 3.59. The van der Waals surface area contributed by atoms with Crippen LogP contribution in [0.2, 0.25) is 0 Å². The van der Waals surface area contributed by atoms with Crippen LogP contribution in [0.25, 0.3) is 0 Å². The topological polar surface area (TPSA) is 24.4 Å². The van der Waals surface area contributed by atoms with Crippen LogP contribution in [0.3, 0.4) is 0 Å². The van der Waals surface area contributed by atoms with Gasteiger partial charge in [0.15, 0.2) is 0 Å². The molecule has 0 bridgehead atoms. The van der Waals surface area contributed by atoms with Crippen LogP contribution in [0, 0.1) is 19.8 Å². The first-order chi connectivity index (χ1) is 7.75. The Hall–Kier alpha value is -0.800. The molecular weight excluding hydrogens is 252 g/mol. The van der Waals surface area contributed by atoms with Gasteiger partial charge in [0.05, 0.1) is 0 Å². The summed E-state index contributed by atoms with van der Waals surface area (Å²) in [7, 11) is 0. The van der Waals surface area contributed by atoms with Gasteiger partial charge in [-0.3, -0.25) is 4.99 Å². The summed E-state index contributed by atoms with van der Waals surface area (Å²) in [6.07, 6.45) is 6.81. The zero-order valence-electron chi connectivity index (χ0n) is 10.1. The number of rotatable bonds is 2. The second-order valence-corrected chi connectivity index (χ2v) is 5.56. The van der Waals surface area contributed by atoms with Gasteiger partial charge in [-0.2, -0.15) is 0 Å². The molecular formula is C13H17ClN2S. The first kappa shape index (κ1) is 12.7. The predicted octanol–water partition coefficient (Wildman–Crippen LogP) is 3.75. The molecule has 1 saturated carbocycles. The minimum absolute atomic E-state index is 0. The van der Waals surface area contributed by atoms with Gasteiger partial charge in [0.25, 0.3) is 0 Å². The molecule has 4 heteroatoms. The van der Waals surface area contributed by atoms with Gasteiger partial charge in [-0.15, -0.1) is 23.7 Å². The van der Waals surface area contributed by atoms with Crippen molar-refractivity contribution in [3.63, 3.8) is 0 Å². The van der Waals surface area contributed by atoms with Gasteiger partial charge in [-0.05, 0) is 49.3 Å². The smallest absolute Gasteiger partial charge is 0.106 e. The minimum atomic E-state index is 0. The average Bonchev–Trinajstić information content (AvgIpc) is 3.08. The second kappa shape index (κ2) is 4.83. The fourth-order valence-corrected chi connectivity index (χ4v) is 3.08. The van der Waals surface area contributed by atoms with Crippen molar-refractivity contribution in [2.45, 2.75) is 32.7 Å². The summed E-state index contributed by atoms with van der Waals surface area (Å²) in [6.45, 7) is 4.37. The fourth-order valence-electron chi connectivity index (χ4n) is 2.00. The van der Waals surface area contributed by atoms with Crippen LogP contribution >= 0.6 is 23.7 Å². The maximum absolute atomic E-state index is 4.82. The van der Waals surface area contributed by atoms with Gasteiger partial charge in [0.1, 0.15) is 11.9 Å². The van der Waals surface area contributed by atoms with Crippen LogP contribution in [0.1, 0.15) is 34.9 Å². The molecule has 1 aromatic rings. The average molecular weight is 269 g/mol. The summed E-state index contributed by atoms with van der Waals surface area (Å²) >= 11 is 1.83. The van der Waals surface area contributed by atoms with Crippen molar-refractivity contribution in [3.05, 3.63) is 33.7 Å². The Bertz CT molecular complexity index is 472. The lowest BCUT2D eigenvalue weighted by molar-refractivity contribution is 0.855. The third-order valence-corrected chi connectivity index (χ3v) is 4.62.